The summed E-state index contributed by atoms with van der Waals surface area (Å²) in [6, 6.07) is 11.1. The first kappa shape index (κ1) is 26.0. The van der Waals surface area contributed by atoms with Gasteiger partial charge in [-0.15, -0.1) is 0 Å². The van der Waals surface area contributed by atoms with Gasteiger partial charge in [-0.25, -0.2) is 0 Å². The van der Waals surface area contributed by atoms with E-state index in [2.05, 4.69) is 38.3 Å². The van der Waals surface area contributed by atoms with E-state index in [1.165, 1.54) is 38.5 Å². The van der Waals surface area contributed by atoms with E-state index in [4.69, 9.17) is 0 Å². The van der Waals surface area contributed by atoms with Gasteiger partial charge in [0.25, 0.3) is 0 Å². The highest BCUT2D eigenvalue weighted by molar-refractivity contribution is 6.31. The van der Waals surface area contributed by atoms with Crippen LogP contribution in [0.2, 0.25) is 0 Å². The number of unbranched alkanes of at least 4 members (excludes halogenated alkanes) is 4. The molecule has 2 aromatic rings. The molecule has 0 atom stereocenters. The van der Waals surface area contributed by atoms with Crippen molar-refractivity contribution in [1.29, 1.82) is 0 Å². The zero-order chi connectivity index (χ0) is 24.5. The van der Waals surface area contributed by atoms with E-state index in [1.54, 1.807) is 12.1 Å². The van der Waals surface area contributed by atoms with E-state index in [1.807, 2.05) is 24.3 Å². The normalized spacial score (nSPS) is 12.8. The van der Waals surface area contributed by atoms with Crippen LogP contribution in [0.1, 0.15) is 111 Å². The van der Waals surface area contributed by atoms with Crippen molar-refractivity contribution < 1.29 is 9.59 Å². The van der Waals surface area contributed by atoms with Crippen LogP contribution in [0.5, 0.6) is 0 Å². The second kappa shape index (κ2) is 12.7. The highest BCUT2D eigenvalue weighted by Gasteiger charge is 2.33. The minimum absolute atomic E-state index is 0.0620. The molecular weight excluding hydrogens is 420 g/mol. The van der Waals surface area contributed by atoms with Crippen LogP contribution in [0.3, 0.4) is 0 Å². The van der Waals surface area contributed by atoms with Crippen LogP contribution in [0.15, 0.2) is 36.4 Å². The number of fused-ring (bicyclic) bond motifs is 2. The lowest BCUT2D eigenvalue weighted by atomic mass is 9.82. The molecule has 2 N–H and O–H groups in total. The second-order valence-corrected chi connectivity index (χ2v) is 10.5. The Hall–Kier alpha value is -2.62. The summed E-state index contributed by atoms with van der Waals surface area (Å²) < 4.78 is 0. The molecule has 184 valence electrons. The molecule has 1 aliphatic carbocycles. The Labute approximate surface area is 205 Å². The summed E-state index contributed by atoms with van der Waals surface area (Å²) in [5, 5.41) is 6.93. The van der Waals surface area contributed by atoms with Crippen LogP contribution in [0.25, 0.3) is 0 Å². The molecule has 34 heavy (non-hydrogen) atoms. The maximum Gasteiger partial charge on any atom is 0.196 e. The standard InChI is InChI=1S/C30H42N2O2/c1-21(2)13-7-5-11-19-31-25-17-18-26(32-20-12-6-8-14-22(3)4)28-27(25)29(33)23-15-9-10-16-24(23)30(28)34/h9-10,15-18,21-22,31-32H,5-8,11-14,19-20H2,1-4H3. The molecule has 1 aliphatic rings. The van der Waals surface area contributed by atoms with Gasteiger partial charge in [-0.3, -0.25) is 9.59 Å². The monoisotopic (exact) mass is 462 g/mol. The Morgan fingerprint density at radius 2 is 1.00 bits per heavy atom. The molecule has 0 fully saturated rings. The van der Waals surface area contributed by atoms with Crippen molar-refractivity contribution in [2.75, 3.05) is 23.7 Å². The largest absolute Gasteiger partial charge is 0.384 e. The van der Waals surface area contributed by atoms with E-state index >= 15 is 0 Å². The van der Waals surface area contributed by atoms with Crippen LogP contribution in [-0.2, 0) is 0 Å². The fourth-order valence-corrected chi connectivity index (χ4v) is 4.67. The molecule has 0 aromatic heterocycles. The number of rotatable bonds is 14. The Kier molecular flexibility index (Phi) is 9.74. The molecule has 0 amide bonds. The first-order valence-corrected chi connectivity index (χ1v) is 13.2. The van der Waals surface area contributed by atoms with Crippen LogP contribution in [-0.4, -0.2) is 24.7 Å². The lowest BCUT2D eigenvalue weighted by molar-refractivity contribution is 0.0980. The average molecular weight is 463 g/mol. The molecule has 0 heterocycles. The fraction of sp³-hybridized carbons (Fsp3) is 0.533. The van der Waals surface area contributed by atoms with Gasteiger partial charge >= 0.3 is 0 Å². The van der Waals surface area contributed by atoms with E-state index in [0.29, 0.717) is 22.3 Å². The van der Waals surface area contributed by atoms with E-state index in [-0.39, 0.29) is 11.6 Å². The topological polar surface area (TPSA) is 58.2 Å². The third-order valence-electron chi connectivity index (χ3n) is 6.62. The Morgan fingerprint density at radius 3 is 1.38 bits per heavy atom. The van der Waals surface area contributed by atoms with Crippen molar-refractivity contribution in [2.45, 2.75) is 79.1 Å². The first-order valence-electron chi connectivity index (χ1n) is 13.2. The van der Waals surface area contributed by atoms with Gasteiger partial charge in [-0.1, -0.05) is 90.5 Å². The lowest BCUT2D eigenvalue weighted by Crippen LogP contribution is -2.24. The van der Waals surface area contributed by atoms with Crippen molar-refractivity contribution >= 4 is 22.9 Å². The number of hydrogen-bond donors (Lipinski definition) is 2. The van der Waals surface area contributed by atoms with Gasteiger partial charge in [0.05, 0.1) is 11.1 Å². The van der Waals surface area contributed by atoms with Crippen LogP contribution >= 0.6 is 0 Å². The summed E-state index contributed by atoms with van der Waals surface area (Å²) in [7, 11) is 0. The smallest absolute Gasteiger partial charge is 0.196 e. The van der Waals surface area contributed by atoms with E-state index in [0.717, 1.165) is 49.1 Å². The number of anilines is 2. The van der Waals surface area contributed by atoms with Crippen LogP contribution < -0.4 is 10.6 Å². The van der Waals surface area contributed by atoms with Crippen molar-refractivity contribution in [2.24, 2.45) is 11.8 Å². The Bertz CT molecular complexity index is 900. The molecule has 0 radical (unpaired) electrons. The molecule has 4 nitrogen and oxygen atoms in total. The Balaban J connectivity index is 1.74. The number of hydrogen-bond acceptors (Lipinski definition) is 4. The quantitative estimate of drug-likeness (QED) is 0.241. The molecule has 0 aliphatic heterocycles. The van der Waals surface area contributed by atoms with Gasteiger partial charge in [0, 0.05) is 35.6 Å². The molecule has 4 heteroatoms. The van der Waals surface area contributed by atoms with Gasteiger partial charge in [0.1, 0.15) is 0 Å². The van der Waals surface area contributed by atoms with Crippen molar-refractivity contribution in [3.8, 4) is 0 Å². The average Bonchev–Trinajstić information content (AvgIpc) is 2.81. The summed E-state index contributed by atoms with van der Waals surface area (Å²) in [5.74, 6) is 1.35. The number of nitrogens with one attached hydrogen (secondary N) is 2. The van der Waals surface area contributed by atoms with Crippen molar-refractivity contribution in [3.05, 3.63) is 58.7 Å². The zero-order valence-corrected chi connectivity index (χ0v) is 21.5. The van der Waals surface area contributed by atoms with Crippen molar-refractivity contribution in [1.82, 2.24) is 0 Å². The summed E-state index contributed by atoms with van der Waals surface area (Å²) in [6.45, 7) is 10.6. The summed E-state index contributed by atoms with van der Waals surface area (Å²) in [5.41, 5.74) is 3.60. The zero-order valence-electron chi connectivity index (χ0n) is 21.5. The van der Waals surface area contributed by atoms with Gasteiger partial charge in [-0.2, -0.15) is 0 Å². The highest BCUT2D eigenvalue weighted by atomic mass is 16.1. The summed E-state index contributed by atoms with van der Waals surface area (Å²) in [6.07, 6.45) is 9.38. The summed E-state index contributed by atoms with van der Waals surface area (Å²) in [4.78, 5) is 27.0. The predicted molar refractivity (Wildman–Crippen MR) is 143 cm³/mol. The maximum atomic E-state index is 13.5. The second-order valence-electron chi connectivity index (χ2n) is 10.5. The molecule has 0 saturated carbocycles. The Morgan fingerprint density at radius 1 is 0.588 bits per heavy atom. The lowest BCUT2D eigenvalue weighted by Gasteiger charge is -2.24. The number of carbonyl (C=O) groups is 2. The minimum atomic E-state index is -0.0620. The highest BCUT2D eigenvalue weighted by Crippen LogP contribution is 2.36. The fourth-order valence-electron chi connectivity index (χ4n) is 4.67. The van der Waals surface area contributed by atoms with Crippen molar-refractivity contribution in [3.63, 3.8) is 0 Å². The molecule has 0 saturated heterocycles. The van der Waals surface area contributed by atoms with E-state index in [9.17, 15) is 9.59 Å². The van der Waals surface area contributed by atoms with Crippen LogP contribution in [0, 0.1) is 11.8 Å². The third kappa shape index (κ3) is 6.71. The number of ketones is 2. The third-order valence-corrected chi connectivity index (χ3v) is 6.62. The minimum Gasteiger partial charge on any atom is -0.384 e. The molecule has 0 unspecified atom stereocenters. The number of benzene rings is 2. The van der Waals surface area contributed by atoms with Gasteiger partial charge in [0.2, 0.25) is 0 Å². The number of carbonyl (C=O) groups excluding carboxylic acids is 2. The molecule has 2 aromatic carbocycles. The molecule has 0 bridgehead atoms. The van der Waals surface area contributed by atoms with Gasteiger partial charge in [-0.05, 0) is 36.8 Å². The maximum absolute atomic E-state index is 13.5. The molecule has 0 spiro atoms. The van der Waals surface area contributed by atoms with E-state index < -0.39 is 0 Å². The first-order chi connectivity index (χ1) is 16.4. The molecule has 3 rings (SSSR count). The van der Waals surface area contributed by atoms with Gasteiger partial charge < -0.3 is 10.6 Å². The van der Waals surface area contributed by atoms with Crippen LogP contribution in [0.4, 0.5) is 11.4 Å². The SMILES string of the molecule is CC(C)CCCCCNc1ccc(NCCCCCC(C)C)c2c1C(=O)c1ccccc1C2=O. The molecular formula is C30H42N2O2. The summed E-state index contributed by atoms with van der Waals surface area (Å²) >= 11 is 0. The van der Waals surface area contributed by atoms with Gasteiger partial charge in [0.15, 0.2) is 11.6 Å². The predicted octanol–water partition coefficient (Wildman–Crippen LogP) is 7.72.